The fourth-order valence-corrected chi connectivity index (χ4v) is 3.45. The maximum Gasteiger partial charge on any atom is 0.361 e. The number of rotatable bonds is 8. The minimum atomic E-state index is -3.15. The summed E-state index contributed by atoms with van der Waals surface area (Å²) in [5, 5.41) is 27.7. The van der Waals surface area contributed by atoms with Crippen LogP contribution in [0.1, 0.15) is 11.4 Å². The summed E-state index contributed by atoms with van der Waals surface area (Å²) in [7, 11) is -3.15. The molecule has 14 heteroatoms. The summed E-state index contributed by atoms with van der Waals surface area (Å²) in [4.78, 5) is 0. The van der Waals surface area contributed by atoms with Gasteiger partial charge in [0.15, 0.2) is 23.0 Å². The third-order valence-corrected chi connectivity index (χ3v) is 5.31. The van der Waals surface area contributed by atoms with Crippen LogP contribution >= 0.6 is 31.5 Å². The molecular formula is C20H13Cl2N8O3P. The molecule has 0 aliphatic rings. The predicted molar refractivity (Wildman–Crippen MR) is 125 cm³/mol. The van der Waals surface area contributed by atoms with Gasteiger partial charge in [0.2, 0.25) is 0 Å². The van der Waals surface area contributed by atoms with Gasteiger partial charge in [-0.25, -0.2) is 20.3 Å². The van der Waals surface area contributed by atoms with Gasteiger partial charge in [-0.05, 0) is 48.5 Å². The first kappa shape index (κ1) is 23.3. The molecule has 0 unspecified atom stereocenters. The summed E-state index contributed by atoms with van der Waals surface area (Å²) < 4.78 is 25.3. The van der Waals surface area contributed by atoms with E-state index in [4.69, 9.17) is 43.0 Å². The molecule has 0 bridgehead atoms. The molecule has 4 aromatic rings. The topological polar surface area (TPSA) is 143 Å². The van der Waals surface area contributed by atoms with E-state index < -0.39 is 8.25 Å². The number of halogens is 2. The molecule has 0 saturated carbocycles. The third-order valence-electron chi connectivity index (χ3n) is 4.27. The summed E-state index contributed by atoms with van der Waals surface area (Å²) in [5.74, 6) is 0.470. The van der Waals surface area contributed by atoms with Gasteiger partial charge < -0.3 is 0 Å². The zero-order chi connectivity index (χ0) is 24.1. The predicted octanol–water partition coefficient (Wildman–Crippen LogP) is 4.89. The van der Waals surface area contributed by atoms with Gasteiger partial charge in [-0.3, -0.25) is 4.57 Å². The Labute approximate surface area is 203 Å². The van der Waals surface area contributed by atoms with Crippen LogP contribution in [-0.2, 0) is 13.8 Å². The van der Waals surface area contributed by atoms with Crippen LogP contribution in [0.4, 0.5) is 11.6 Å². The van der Waals surface area contributed by atoms with Crippen molar-refractivity contribution in [3.8, 4) is 23.5 Å². The molecule has 2 heterocycles. The van der Waals surface area contributed by atoms with Crippen molar-refractivity contribution in [2.24, 2.45) is 0 Å². The number of nitrogens with one attached hydrogen (secondary N) is 2. The normalized spacial score (nSPS) is 10.6. The van der Waals surface area contributed by atoms with E-state index in [2.05, 4.69) is 21.2 Å². The van der Waals surface area contributed by atoms with Gasteiger partial charge in [0.25, 0.3) is 0 Å². The second-order valence-corrected chi connectivity index (χ2v) is 8.27. The highest BCUT2D eigenvalue weighted by Crippen LogP contribution is 2.28. The molecule has 0 atom stereocenters. The van der Waals surface area contributed by atoms with E-state index in [1.165, 1.54) is 21.5 Å². The van der Waals surface area contributed by atoms with E-state index in [0.717, 1.165) is 0 Å². The Morgan fingerprint density at radius 3 is 1.50 bits per heavy atom. The Hall–Kier alpha value is -3.83. The smallest absolute Gasteiger partial charge is 0.259 e. The van der Waals surface area contributed by atoms with Gasteiger partial charge in [-0.1, -0.05) is 23.2 Å². The van der Waals surface area contributed by atoms with Gasteiger partial charge in [-0.15, -0.1) is 0 Å². The van der Waals surface area contributed by atoms with Crippen LogP contribution in [0.15, 0.2) is 60.7 Å². The molecule has 170 valence electrons. The highest BCUT2D eigenvalue weighted by atomic mass is 35.5. The molecule has 4 rings (SSSR count). The van der Waals surface area contributed by atoms with Crippen molar-refractivity contribution in [1.82, 2.24) is 19.6 Å². The lowest BCUT2D eigenvalue weighted by molar-refractivity contribution is 0.293. The Balaban J connectivity index is 1.44. The Bertz CT molecular complexity index is 1310. The lowest BCUT2D eigenvalue weighted by Gasteiger charge is -2.11. The van der Waals surface area contributed by atoms with E-state index >= 15 is 0 Å². The second kappa shape index (κ2) is 10.4. The highest BCUT2D eigenvalue weighted by molar-refractivity contribution is 7.33. The van der Waals surface area contributed by atoms with Crippen molar-refractivity contribution in [2.75, 3.05) is 11.0 Å². The number of nitrogens with zero attached hydrogens (tertiary/aromatic N) is 6. The first-order chi connectivity index (χ1) is 16.5. The van der Waals surface area contributed by atoms with Gasteiger partial charge in [0.1, 0.15) is 12.1 Å². The summed E-state index contributed by atoms with van der Waals surface area (Å²) in [6.45, 7) is 0. The molecule has 0 radical (unpaired) electrons. The number of hydrogen-bond acceptors (Lipinski definition) is 9. The van der Waals surface area contributed by atoms with Crippen molar-refractivity contribution in [3.05, 3.63) is 82.1 Å². The van der Waals surface area contributed by atoms with Crippen molar-refractivity contribution < 1.29 is 13.8 Å². The summed E-state index contributed by atoms with van der Waals surface area (Å²) in [5.41, 5.74) is 6.35. The van der Waals surface area contributed by atoms with Crippen LogP contribution in [-0.4, -0.2) is 19.6 Å². The lowest BCUT2D eigenvalue weighted by atomic mass is 10.3. The molecule has 0 amide bonds. The minimum absolute atomic E-state index is 0.107. The number of hydrogen-bond donors (Lipinski definition) is 2. The average molecular weight is 515 g/mol. The van der Waals surface area contributed by atoms with Crippen molar-refractivity contribution in [2.45, 2.75) is 0 Å². The van der Waals surface area contributed by atoms with E-state index in [9.17, 15) is 4.57 Å². The number of anilines is 2. The van der Waals surface area contributed by atoms with Gasteiger partial charge in [0, 0.05) is 22.2 Å². The molecule has 0 fully saturated rings. The van der Waals surface area contributed by atoms with Crippen molar-refractivity contribution in [3.63, 3.8) is 0 Å². The maximum absolute atomic E-state index is 12.3. The fraction of sp³-hybridized carbons (Fsp3) is 0. The monoisotopic (exact) mass is 514 g/mol. The Morgan fingerprint density at radius 2 is 1.15 bits per heavy atom. The zero-order valence-corrected chi connectivity index (χ0v) is 19.4. The molecule has 2 aromatic carbocycles. The van der Waals surface area contributed by atoms with Crippen LogP contribution in [0.25, 0.3) is 11.4 Å². The van der Waals surface area contributed by atoms with Crippen LogP contribution in [0.5, 0.6) is 0 Å². The summed E-state index contributed by atoms with van der Waals surface area (Å²) >= 11 is 11.8. The zero-order valence-electron chi connectivity index (χ0n) is 16.9. The molecule has 0 aliphatic heterocycles. The molecular weight excluding hydrogens is 502 g/mol. The van der Waals surface area contributed by atoms with Crippen molar-refractivity contribution >= 4 is 43.1 Å². The fourth-order valence-electron chi connectivity index (χ4n) is 2.78. The molecule has 2 N–H and O–H groups in total. The van der Waals surface area contributed by atoms with Crippen LogP contribution in [0.2, 0.25) is 10.0 Å². The standard InChI is InChI=1S/C20H13Cl2N8O3P/c21-13-1-5-17(6-2-13)29-19(9-15(11-23)25-29)27-32-34(31)33-28-20-10-16(12-24)26-30(20)18-7-3-14(22)4-8-18/h1-10,27-28,34H. The molecule has 2 aromatic heterocycles. The molecule has 34 heavy (non-hydrogen) atoms. The molecule has 0 saturated heterocycles. The minimum Gasteiger partial charge on any atom is -0.259 e. The lowest BCUT2D eigenvalue weighted by Crippen LogP contribution is -2.07. The van der Waals surface area contributed by atoms with Gasteiger partial charge in [-0.2, -0.15) is 30.0 Å². The average Bonchev–Trinajstić information content (AvgIpc) is 3.46. The Morgan fingerprint density at radius 1 is 0.765 bits per heavy atom. The van der Waals surface area contributed by atoms with E-state index in [0.29, 0.717) is 21.4 Å². The van der Waals surface area contributed by atoms with Crippen LogP contribution in [0, 0.1) is 22.7 Å². The quantitative estimate of drug-likeness (QED) is 0.248. The highest BCUT2D eigenvalue weighted by Gasteiger charge is 2.14. The largest absolute Gasteiger partial charge is 0.361 e. The van der Waals surface area contributed by atoms with Crippen LogP contribution in [0.3, 0.4) is 0 Å². The SMILES string of the molecule is N#Cc1cc(NO[PH](=O)ONc2cc(C#N)nn2-c2ccc(Cl)cc2)n(-c2ccc(Cl)cc2)n1. The number of nitriles is 2. The number of aromatic nitrogens is 4. The van der Waals surface area contributed by atoms with Gasteiger partial charge >= 0.3 is 8.25 Å². The third kappa shape index (κ3) is 5.38. The van der Waals surface area contributed by atoms with E-state index in [1.807, 2.05) is 12.1 Å². The van der Waals surface area contributed by atoms with E-state index in [1.54, 1.807) is 48.5 Å². The maximum atomic E-state index is 12.3. The number of benzene rings is 2. The second-order valence-electron chi connectivity index (χ2n) is 6.49. The molecule has 11 nitrogen and oxygen atoms in total. The Kier molecular flexibility index (Phi) is 7.14. The first-order valence-corrected chi connectivity index (χ1v) is 11.4. The van der Waals surface area contributed by atoms with Gasteiger partial charge in [0.05, 0.1) is 11.4 Å². The molecule has 0 aliphatic carbocycles. The summed E-state index contributed by atoms with van der Waals surface area (Å²) in [6.07, 6.45) is 0. The first-order valence-electron chi connectivity index (χ1n) is 9.38. The molecule has 0 spiro atoms. The van der Waals surface area contributed by atoms with Crippen LogP contribution < -0.4 is 11.0 Å². The van der Waals surface area contributed by atoms with E-state index in [-0.39, 0.29) is 23.0 Å². The summed E-state index contributed by atoms with van der Waals surface area (Å²) in [6, 6.07) is 20.0. The van der Waals surface area contributed by atoms with Crippen molar-refractivity contribution in [1.29, 1.82) is 10.5 Å².